The van der Waals surface area contributed by atoms with Crippen molar-refractivity contribution in [1.82, 2.24) is 29.6 Å². The topological polar surface area (TPSA) is 113 Å². The summed E-state index contributed by atoms with van der Waals surface area (Å²) in [5, 5.41) is 17.0. The van der Waals surface area contributed by atoms with Gasteiger partial charge in [0.05, 0.1) is 17.2 Å². The molecule has 1 aliphatic carbocycles. The normalized spacial score (nSPS) is 16.4. The summed E-state index contributed by atoms with van der Waals surface area (Å²) in [4.78, 5) is 27.4. The molecule has 0 radical (unpaired) electrons. The molecule has 2 N–H and O–H groups in total. The molecule has 4 heterocycles. The van der Waals surface area contributed by atoms with E-state index in [0.717, 1.165) is 50.2 Å². The Hall–Kier alpha value is -4.03. The highest BCUT2D eigenvalue weighted by molar-refractivity contribution is 5.77. The molecule has 6 rings (SSSR count). The Morgan fingerprint density at radius 3 is 2.78 bits per heavy atom. The third-order valence-corrected chi connectivity index (χ3v) is 7.32. The minimum atomic E-state index is -0.550. The average Bonchev–Trinajstić information content (AvgIpc) is 3.16. The zero-order valence-electron chi connectivity index (χ0n) is 20.5. The van der Waals surface area contributed by atoms with Gasteiger partial charge in [0.25, 0.3) is 5.56 Å². The van der Waals surface area contributed by atoms with E-state index in [2.05, 4.69) is 33.8 Å². The van der Waals surface area contributed by atoms with Crippen LogP contribution in [0.1, 0.15) is 56.0 Å². The zero-order chi connectivity index (χ0) is 24.9. The molecule has 0 saturated heterocycles. The first kappa shape index (κ1) is 22.4. The number of aromatic nitrogens is 5. The highest BCUT2D eigenvalue weighted by Crippen LogP contribution is 2.42. The van der Waals surface area contributed by atoms with E-state index in [9.17, 15) is 10.1 Å². The van der Waals surface area contributed by atoms with Crippen molar-refractivity contribution >= 4 is 22.7 Å². The molecule has 36 heavy (non-hydrogen) atoms. The Morgan fingerprint density at radius 2 is 2.03 bits per heavy atom. The van der Waals surface area contributed by atoms with Crippen LogP contribution in [0.4, 0.5) is 11.6 Å². The molecule has 9 heteroatoms. The van der Waals surface area contributed by atoms with Crippen molar-refractivity contribution in [2.75, 3.05) is 11.9 Å². The zero-order valence-corrected chi connectivity index (χ0v) is 20.5. The average molecular weight is 481 g/mol. The van der Waals surface area contributed by atoms with Gasteiger partial charge in [-0.3, -0.25) is 4.79 Å². The fourth-order valence-corrected chi connectivity index (χ4v) is 5.19. The lowest BCUT2D eigenvalue weighted by Crippen LogP contribution is -2.34. The van der Waals surface area contributed by atoms with Gasteiger partial charge in [0, 0.05) is 24.5 Å². The summed E-state index contributed by atoms with van der Waals surface area (Å²) in [5.41, 5.74) is 4.04. The van der Waals surface area contributed by atoms with Gasteiger partial charge >= 0.3 is 0 Å². The van der Waals surface area contributed by atoms with Gasteiger partial charge in [-0.05, 0) is 81.5 Å². The Balaban J connectivity index is 1.46. The quantitative estimate of drug-likeness (QED) is 0.445. The van der Waals surface area contributed by atoms with Gasteiger partial charge in [-0.25, -0.2) is 19.3 Å². The Bertz CT molecular complexity index is 1570. The van der Waals surface area contributed by atoms with Crippen LogP contribution in [0.25, 0.3) is 16.9 Å². The van der Waals surface area contributed by atoms with E-state index >= 15 is 0 Å². The minimum absolute atomic E-state index is 0.128. The maximum absolute atomic E-state index is 13.4. The second-order valence-electron chi connectivity index (χ2n) is 9.95. The SMILES string of the molecule is CC(C)n1c(=O)c2cnc(Nc3ccc4c(c3)CCNC4)nc2n1-c1cccc(C2(C#N)CCC2)n1. The largest absolute Gasteiger partial charge is 0.324 e. The van der Waals surface area contributed by atoms with E-state index in [4.69, 9.17) is 9.97 Å². The molecule has 1 aromatic carbocycles. The number of nitrogens with one attached hydrogen (secondary N) is 2. The number of nitrogens with zero attached hydrogens (tertiary/aromatic N) is 6. The van der Waals surface area contributed by atoms with E-state index in [1.165, 1.54) is 11.1 Å². The summed E-state index contributed by atoms with van der Waals surface area (Å²) in [6, 6.07) is 14.3. The number of pyridine rings is 1. The summed E-state index contributed by atoms with van der Waals surface area (Å²) in [6.45, 7) is 5.76. The van der Waals surface area contributed by atoms with Crippen LogP contribution in [0.2, 0.25) is 0 Å². The van der Waals surface area contributed by atoms with Gasteiger partial charge in [0.2, 0.25) is 5.95 Å². The van der Waals surface area contributed by atoms with Crippen LogP contribution >= 0.6 is 0 Å². The predicted octanol–water partition coefficient (Wildman–Crippen LogP) is 3.89. The highest BCUT2D eigenvalue weighted by Gasteiger charge is 2.40. The fraction of sp³-hybridized carbons (Fsp3) is 0.370. The number of hydrogen-bond donors (Lipinski definition) is 2. The van der Waals surface area contributed by atoms with Crippen molar-refractivity contribution in [1.29, 1.82) is 5.26 Å². The lowest BCUT2D eigenvalue weighted by atomic mass is 9.67. The van der Waals surface area contributed by atoms with Gasteiger partial charge < -0.3 is 10.6 Å². The molecular weight excluding hydrogens is 452 g/mol. The number of rotatable bonds is 5. The first-order valence-corrected chi connectivity index (χ1v) is 12.5. The maximum atomic E-state index is 13.4. The van der Waals surface area contributed by atoms with Crippen molar-refractivity contribution in [2.24, 2.45) is 0 Å². The Morgan fingerprint density at radius 1 is 1.17 bits per heavy atom. The van der Waals surface area contributed by atoms with Gasteiger partial charge in [0.15, 0.2) is 11.5 Å². The molecule has 0 bridgehead atoms. The maximum Gasteiger partial charge on any atom is 0.278 e. The van der Waals surface area contributed by atoms with E-state index < -0.39 is 5.41 Å². The second kappa shape index (κ2) is 8.57. The minimum Gasteiger partial charge on any atom is -0.324 e. The predicted molar refractivity (Wildman–Crippen MR) is 138 cm³/mol. The monoisotopic (exact) mass is 480 g/mol. The summed E-state index contributed by atoms with van der Waals surface area (Å²) >= 11 is 0. The number of fused-ring (bicyclic) bond motifs is 2. The third-order valence-electron chi connectivity index (χ3n) is 7.32. The van der Waals surface area contributed by atoms with Gasteiger partial charge in [-0.1, -0.05) is 12.1 Å². The van der Waals surface area contributed by atoms with Crippen LogP contribution < -0.4 is 16.2 Å². The lowest BCUT2D eigenvalue weighted by molar-refractivity contribution is 0.315. The fourth-order valence-electron chi connectivity index (χ4n) is 5.19. The molecule has 9 nitrogen and oxygen atoms in total. The molecular formula is C27H28N8O. The summed E-state index contributed by atoms with van der Waals surface area (Å²) in [7, 11) is 0. The molecule has 4 aromatic rings. The van der Waals surface area contributed by atoms with E-state index in [1.54, 1.807) is 15.6 Å². The van der Waals surface area contributed by atoms with E-state index in [1.807, 2.05) is 38.1 Å². The molecule has 0 unspecified atom stereocenters. The van der Waals surface area contributed by atoms with Crippen molar-refractivity contribution < 1.29 is 0 Å². The van der Waals surface area contributed by atoms with E-state index in [0.29, 0.717) is 22.8 Å². The second-order valence-corrected chi connectivity index (χ2v) is 9.95. The Labute approximate surface area is 208 Å². The van der Waals surface area contributed by atoms with Crippen LogP contribution in [0.15, 0.2) is 47.4 Å². The summed E-state index contributed by atoms with van der Waals surface area (Å²) in [5.74, 6) is 0.982. The van der Waals surface area contributed by atoms with Gasteiger partial charge in [-0.15, -0.1) is 0 Å². The van der Waals surface area contributed by atoms with Crippen molar-refractivity contribution in [3.8, 4) is 11.9 Å². The Kier molecular flexibility index (Phi) is 5.34. The summed E-state index contributed by atoms with van der Waals surface area (Å²) < 4.78 is 3.42. The molecule has 1 fully saturated rings. The first-order valence-electron chi connectivity index (χ1n) is 12.5. The molecule has 0 atom stereocenters. The highest BCUT2D eigenvalue weighted by atomic mass is 16.1. The van der Waals surface area contributed by atoms with Crippen LogP contribution in [0, 0.1) is 11.3 Å². The molecule has 2 aliphatic rings. The van der Waals surface area contributed by atoms with Crippen molar-refractivity contribution in [3.63, 3.8) is 0 Å². The van der Waals surface area contributed by atoms with E-state index in [-0.39, 0.29) is 11.6 Å². The molecule has 182 valence electrons. The van der Waals surface area contributed by atoms with Crippen molar-refractivity contribution in [3.05, 3.63) is 69.8 Å². The molecule has 1 aliphatic heterocycles. The number of anilines is 2. The molecule has 0 amide bonds. The van der Waals surface area contributed by atoms with Crippen LogP contribution in [0.5, 0.6) is 0 Å². The van der Waals surface area contributed by atoms with Crippen molar-refractivity contribution in [2.45, 2.75) is 57.5 Å². The molecule has 3 aromatic heterocycles. The third kappa shape index (κ3) is 3.57. The standard InChI is InChI=1S/C27H28N8O/c1-17(2)34-25(36)21-15-30-26(31-20-8-7-19-14-29-12-9-18(19)13-20)33-24(21)35(34)23-6-3-5-22(32-23)27(16-28)10-4-11-27/h3,5-8,13,15,17,29H,4,9-12,14H2,1-2H3,(H,30,31,33). The number of hydrogen-bond acceptors (Lipinski definition) is 7. The van der Waals surface area contributed by atoms with Crippen LogP contribution in [-0.2, 0) is 18.4 Å². The number of nitriles is 1. The molecule has 0 spiro atoms. The first-order chi connectivity index (χ1) is 17.5. The lowest BCUT2D eigenvalue weighted by Gasteiger charge is -2.34. The van der Waals surface area contributed by atoms with Crippen LogP contribution in [-0.4, -0.2) is 30.9 Å². The summed E-state index contributed by atoms with van der Waals surface area (Å²) in [6.07, 6.45) is 5.18. The smallest absolute Gasteiger partial charge is 0.278 e. The van der Waals surface area contributed by atoms with Gasteiger partial charge in [0.1, 0.15) is 5.39 Å². The molecule has 1 saturated carbocycles. The van der Waals surface area contributed by atoms with Gasteiger partial charge in [-0.2, -0.15) is 10.2 Å². The van der Waals surface area contributed by atoms with Crippen LogP contribution in [0.3, 0.4) is 0 Å². The number of benzene rings is 1.